The van der Waals surface area contributed by atoms with Gasteiger partial charge in [-0.15, -0.1) is 0 Å². The molecule has 0 saturated carbocycles. The van der Waals surface area contributed by atoms with Gasteiger partial charge in [-0.1, -0.05) is 59.8 Å². The second-order valence-electron chi connectivity index (χ2n) is 7.24. The van der Waals surface area contributed by atoms with Crippen molar-refractivity contribution in [3.8, 4) is 0 Å². The van der Waals surface area contributed by atoms with E-state index in [1.54, 1.807) is 6.20 Å². The summed E-state index contributed by atoms with van der Waals surface area (Å²) >= 11 is 0. The summed E-state index contributed by atoms with van der Waals surface area (Å²) in [6.45, 7) is 17.1. The molecule has 0 aliphatic rings. The average molecular weight is 291 g/mol. The predicted molar refractivity (Wildman–Crippen MR) is 93.9 cm³/mol. The molecule has 0 aromatic rings. The summed E-state index contributed by atoms with van der Waals surface area (Å²) in [6.07, 6.45) is 9.65. The maximum Gasteiger partial charge on any atom is 0.121 e. The van der Waals surface area contributed by atoms with Crippen molar-refractivity contribution in [1.82, 2.24) is 5.01 Å². The number of hydrogen-bond acceptors (Lipinski definition) is 3. The van der Waals surface area contributed by atoms with Gasteiger partial charge in [0.1, 0.15) is 5.82 Å². The van der Waals surface area contributed by atoms with Crippen molar-refractivity contribution in [3.05, 3.63) is 47.5 Å². The Balaban J connectivity index is 5.99. The van der Waals surface area contributed by atoms with Crippen molar-refractivity contribution in [2.24, 2.45) is 22.4 Å². The second kappa shape index (κ2) is 7.51. The molecule has 0 heterocycles. The lowest BCUT2D eigenvalue weighted by atomic mass is 9.72. The summed E-state index contributed by atoms with van der Waals surface area (Å²) in [5.41, 5.74) is 8.60. The highest BCUT2D eigenvalue weighted by atomic mass is 15.4. The van der Waals surface area contributed by atoms with Gasteiger partial charge in [0.2, 0.25) is 0 Å². The zero-order chi connectivity index (χ0) is 16.8. The molecule has 120 valence electrons. The van der Waals surface area contributed by atoms with Crippen LogP contribution in [-0.2, 0) is 0 Å². The van der Waals surface area contributed by atoms with Crippen LogP contribution in [0.15, 0.2) is 47.5 Å². The molecular weight excluding hydrogens is 258 g/mol. The maximum atomic E-state index is 6.37. The van der Waals surface area contributed by atoms with E-state index in [0.717, 1.165) is 5.57 Å². The van der Waals surface area contributed by atoms with Crippen LogP contribution in [0.5, 0.6) is 0 Å². The smallest absolute Gasteiger partial charge is 0.121 e. The Morgan fingerprint density at radius 3 is 1.76 bits per heavy atom. The van der Waals surface area contributed by atoms with Crippen LogP contribution in [-0.4, -0.2) is 5.01 Å². The minimum atomic E-state index is -0.0920. The SMILES string of the molecule is C/C=C\C=C/N(N)/C(N)=C(\C(=C/C)C(C)(C)C)C(C)(C)C. The molecule has 0 aliphatic carbocycles. The Kier molecular flexibility index (Phi) is 6.98. The van der Waals surface area contributed by atoms with Crippen LogP contribution >= 0.6 is 0 Å². The van der Waals surface area contributed by atoms with E-state index in [1.807, 2.05) is 25.2 Å². The number of allylic oxidation sites excluding steroid dienone is 6. The number of hydrogen-bond donors (Lipinski definition) is 2. The van der Waals surface area contributed by atoms with Crippen molar-refractivity contribution in [3.63, 3.8) is 0 Å². The van der Waals surface area contributed by atoms with E-state index in [2.05, 4.69) is 54.5 Å². The van der Waals surface area contributed by atoms with Crippen molar-refractivity contribution in [1.29, 1.82) is 0 Å². The van der Waals surface area contributed by atoms with E-state index in [0.29, 0.717) is 5.82 Å². The maximum absolute atomic E-state index is 6.37. The zero-order valence-corrected chi connectivity index (χ0v) is 15.0. The van der Waals surface area contributed by atoms with Gasteiger partial charge >= 0.3 is 0 Å². The minimum Gasteiger partial charge on any atom is -0.384 e. The second-order valence-corrected chi connectivity index (χ2v) is 7.24. The van der Waals surface area contributed by atoms with Crippen LogP contribution < -0.4 is 11.6 Å². The van der Waals surface area contributed by atoms with E-state index >= 15 is 0 Å². The number of hydrazine groups is 1. The Labute approximate surface area is 131 Å². The third-order valence-electron chi connectivity index (χ3n) is 3.20. The Morgan fingerprint density at radius 1 is 0.905 bits per heavy atom. The summed E-state index contributed by atoms with van der Waals surface area (Å²) < 4.78 is 0. The van der Waals surface area contributed by atoms with Gasteiger partial charge in [-0.3, -0.25) is 5.01 Å². The molecule has 0 rings (SSSR count). The van der Waals surface area contributed by atoms with E-state index in [1.165, 1.54) is 10.6 Å². The third-order valence-corrected chi connectivity index (χ3v) is 3.20. The number of nitrogens with zero attached hydrogens (tertiary/aromatic N) is 1. The first-order chi connectivity index (χ1) is 9.46. The highest BCUT2D eigenvalue weighted by molar-refractivity contribution is 5.41. The lowest BCUT2D eigenvalue weighted by Crippen LogP contribution is -2.35. The molecule has 0 spiro atoms. The van der Waals surface area contributed by atoms with E-state index in [4.69, 9.17) is 11.6 Å². The molecule has 3 nitrogen and oxygen atoms in total. The monoisotopic (exact) mass is 291 g/mol. The Bertz CT molecular complexity index is 452. The largest absolute Gasteiger partial charge is 0.384 e. The first-order valence-corrected chi connectivity index (χ1v) is 7.47. The molecule has 0 unspecified atom stereocenters. The van der Waals surface area contributed by atoms with Gasteiger partial charge in [0, 0.05) is 11.8 Å². The fourth-order valence-electron chi connectivity index (χ4n) is 2.34. The number of rotatable bonds is 4. The molecule has 0 atom stereocenters. The molecule has 3 heteroatoms. The fourth-order valence-corrected chi connectivity index (χ4v) is 2.34. The van der Waals surface area contributed by atoms with Crippen LogP contribution in [0.25, 0.3) is 0 Å². The molecule has 21 heavy (non-hydrogen) atoms. The standard InChI is InChI=1S/C18H33N3/c1-9-11-12-13-21(20)16(19)15(18(6,7)8)14(10-2)17(3,4)5/h9-13H,19-20H2,1-8H3/b11-9-,13-12-,14-10+,16-15+. The quantitative estimate of drug-likeness (QED) is 0.457. The first-order valence-electron chi connectivity index (χ1n) is 7.47. The predicted octanol–water partition coefficient (Wildman–Crippen LogP) is 4.46. The topological polar surface area (TPSA) is 55.3 Å². The van der Waals surface area contributed by atoms with E-state index in [-0.39, 0.29) is 10.8 Å². The molecule has 0 aromatic carbocycles. The highest BCUT2D eigenvalue weighted by Crippen LogP contribution is 2.41. The van der Waals surface area contributed by atoms with Crippen LogP contribution in [0.3, 0.4) is 0 Å². The van der Waals surface area contributed by atoms with Gasteiger partial charge in [-0.2, -0.15) is 0 Å². The molecule has 0 saturated heterocycles. The molecule has 0 amide bonds. The van der Waals surface area contributed by atoms with Crippen LogP contribution in [0.1, 0.15) is 55.4 Å². The van der Waals surface area contributed by atoms with Crippen LogP contribution in [0.4, 0.5) is 0 Å². The van der Waals surface area contributed by atoms with Gasteiger partial charge in [-0.25, -0.2) is 5.84 Å². The summed E-state index contributed by atoms with van der Waals surface area (Å²) in [6, 6.07) is 0. The van der Waals surface area contributed by atoms with Gasteiger partial charge in [-0.05, 0) is 36.3 Å². The molecule has 0 bridgehead atoms. The minimum absolute atomic E-state index is 0.00978. The lowest BCUT2D eigenvalue weighted by molar-refractivity contribution is 0.405. The third kappa shape index (κ3) is 5.80. The fraction of sp³-hybridized carbons (Fsp3) is 0.556. The Hall–Kier alpha value is -1.48. The van der Waals surface area contributed by atoms with Gasteiger partial charge in [0.15, 0.2) is 0 Å². The molecule has 4 N–H and O–H groups in total. The van der Waals surface area contributed by atoms with Crippen LogP contribution in [0, 0.1) is 10.8 Å². The summed E-state index contributed by atoms with van der Waals surface area (Å²) in [7, 11) is 0. The normalized spacial score (nSPS) is 15.8. The molecule has 0 aromatic heterocycles. The number of nitrogens with two attached hydrogens (primary N) is 2. The first kappa shape index (κ1) is 19.5. The summed E-state index contributed by atoms with van der Waals surface area (Å²) in [5, 5.41) is 1.50. The van der Waals surface area contributed by atoms with Gasteiger partial charge in [0.25, 0.3) is 0 Å². The summed E-state index contributed by atoms with van der Waals surface area (Å²) in [4.78, 5) is 0. The zero-order valence-electron chi connectivity index (χ0n) is 15.0. The molecule has 0 fully saturated rings. The summed E-state index contributed by atoms with van der Waals surface area (Å²) in [5.74, 6) is 6.68. The lowest BCUT2D eigenvalue weighted by Gasteiger charge is -2.35. The van der Waals surface area contributed by atoms with Crippen LogP contribution in [0.2, 0.25) is 0 Å². The molecule has 0 radical (unpaired) electrons. The van der Waals surface area contributed by atoms with Crippen molar-refractivity contribution in [2.45, 2.75) is 55.4 Å². The van der Waals surface area contributed by atoms with Gasteiger partial charge < -0.3 is 5.73 Å². The highest BCUT2D eigenvalue weighted by Gasteiger charge is 2.30. The molecular formula is C18H33N3. The van der Waals surface area contributed by atoms with E-state index in [9.17, 15) is 0 Å². The average Bonchev–Trinajstić information content (AvgIpc) is 2.32. The van der Waals surface area contributed by atoms with Crippen molar-refractivity contribution < 1.29 is 0 Å². The molecule has 0 aliphatic heterocycles. The Morgan fingerprint density at radius 2 is 1.43 bits per heavy atom. The van der Waals surface area contributed by atoms with Crippen molar-refractivity contribution in [2.75, 3.05) is 0 Å². The van der Waals surface area contributed by atoms with E-state index < -0.39 is 0 Å². The van der Waals surface area contributed by atoms with Gasteiger partial charge in [0.05, 0.1) is 0 Å². The van der Waals surface area contributed by atoms with Crippen molar-refractivity contribution >= 4 is 0 Å².